The van der Waals surface area contributed by atoms with Crippen LogP contribution in [0.3, 0.4) is 0 Å². The van der Waals surface area contributed by atoms with Crippen LogP contribution in [-0.2, 0) is 23.1 Å². The van der Waals surface area contributed by atoms with Gasteiger partial charge in [0.15, 0.2) is 11.5 Å². The summed E-state index contributed by atoms with van der Waals surface area (Å²) >= 11 is 0. The number of aromatic amines is 2. The van der Waals surface area contributed by atoms with Crippen molar-refractivity contribution in [3.8, 4) is 33.8 Å². The Kier molecular flexibility index (Phi) is 7.22. The van der Waals surface area contributed by atoms with Gasteiger partial charge in [0.2, 0.25) is 10.0 Å². The third-order valence-corrected chi connectivity index (χ3v) is 7.44. The quantitative estimate of drug-likeness (QED) is 0.192. The van der Waals surface area contributed by atoms with Gasteiger partial charge >= 0.3 is 0 Å². The fourth-order valence-corrected chi connectivity index (χ4v) is 5.28. The Bertz CT molecular complexity index is 2060. The summed E-state index contributed by atoms with van der Waals surface area (Å²) in [5.74, 6) is -0.721. The number of pyridine rings is 2. The van der Waals surface area contributed by atoms with E-state index in [-0.39, 0.29) is 23.4 Å². The highest BCUT2D eigenvalue weighted by molar-refractivity contribution is 7.88. The first kappa shape index (κ1) is 27.6. The Morgan fingerprint density at radius 1 is 0.952 bits per heavy atom. The zero-order valence-electron chi connectivity index (χ0n) is 22.7. The summed E-state index contributed by atoms with van der Waals surface area (Å²) in [5, 5.41) is 10.7. The maximum atomic E-state index is 16.1. The van der Waals surface area contributed by atoms with Crippen LogP contribution < -0.4 is 10.0 Å². The van der Waals surface area contributed by atoms with E-state index in [0.717, 1.165) is 18.4 Å². The third kappa shape index (κ3) is 5.49. The topological polar surface area (TPSA) is 141 Å². The molecule has 0 atom stereocenters. The van der Waals surface area contributed by atoms with Crippen molar-refractivity contribution in [2.45, 2.75) is 20.0 Å². The molecule has 6 aromatic rings. The number of benzene rings is 2. The lowest BCUT2D eigenvalue weighted by Crippen LogP contribution is -2.21. The van der Waals surface area contributed by atoms with Gasteiger partial charge in [-0.3, -0.25) is 10.1 Å². The summed E-state index contributed by atoms with van der Waals surface area (Å²) in [6, 6.07) is 11.3. The number of imidazole rings is 1. The van der Waals surface area contributed by atoms with Crippen molar-refractivity contribution in [1.29, 1.82) is 0 Å². The number of fused-ring (bicyclic) bond motifs is 2. The molecular formula is C29H26F2N8O2S. The monoisotopic (exact) mass is 588 g/mol. The molecule has 0 radical (unpaired) electrons. The average molecular weight is 589 g/mol. The normalized spacial score (nSPS) is 12.0. The molecule has 2 aromatic carbocycles. The minimum absolute atomic E-state index is 0.0690. The van der Waals surface area contributed by atoms with Crippen molar-refractivity contribution in [3.05, 3.63) is 83.8 Å². The Morgan fingerprint density at radius 3 is 2.60 bits per heavy atom. The number of halogens is 2. The molecule has 6 rings (SSSR count). The predicted octanol–water partition coefficient (Wildman–Crippen LogP) is 4.67. The van der Waals surface area contributed by atoms with Crippen LogP contribution in [0.4, 0.5) is 8.78 Å². The van der Waals surface area contributed by atoms with Gasteiger partial charge in [0, 0.05) is 48.4 Å². The fraction of sp³-hybridized carbons (Fsp3) is 0.172. The van der Waals surface area contributed by atoms with Crippen LogP contribution in [0.1, 0.15) is 18.1 Å². The van der Waals surface area contributed by atoms with Crippen LogP contribution in [0.25, 0.3) is 55.8 Å². The van der Waals surface area contributed by atoms with Crippen LogP contribution in [0.5, 0.6) is 0 Å². The van der Waals surface area contributed by atoms with E-state index in [1.807, 2.05) is 13.0 Å². The molecular weight excluding hydrogens is 562 g/mol. The van der Waals surface area contributed by atoms with Crippen LogP contribution in [0.15, 0.2) is 61.1 Å². The number of H-pyrrole nitrogens is 2. The second-order valence-corrected chi connectivity index (χ2v) is 11.7. The van der Waals surface area contributed by atoms with Gasteiger partial charge in [0.05, 0.1) is 22.7 Å². The minimum atomic E-state index is -3.46. The summed E-state index contributed by atoms with van der Waals surface area (Å²) in [6.07, 6.45) is 5.94. The molecule has 0 bridgehead atoms. The van der Waals surface area contributed by atoms with Crippen molar-refractivity contribution in [1.82, 2.24) is 40.2 Å². The maximum Gasteiger partial charge on any atom is 0.209 e. The molecule has 214 valence electrons. The fourth-order valence-electron chi connectivity index (χ4n) is 4.85. The van der Waals surface area contributed by atoms with Gasteiger partial charge < -0.3 is 10.3 Å². The Morgan fingerprint density at radius 2 is 1.79 bits per heavy atom. The van der Waals surface area contributed by atoms with Gasteiger partial charge in [-0.25, -0.2) is 31.9 Å². The molecule has 0 fully saturated rings. The van der Waals surface area contributed by atoms with Crippen molar-refractivity contribution in [2.24, 2.45) is 0 Å². The van der Waals surface area contributed by atoms with Crippen LogP contribution >= 0.6 is 0 Å². The van der Waals surface area contributed by atoms with E-state index in [9.17, 15) is 12.8 Å². The zero-order valence-corrected chi connectivity index (χ0v) is 23.5. The lowest BCUT2D eigenvalue weighted by Gasteiger charge is -2.08. The van der Waals surface area contributed by atoms with Crippen LogP contribution in [0.2, 0.25) is 0 Å². The SMILES string of the molecule is CCNCc1cncc(-c2ccc3[nH]nc(-c4nc5nccc(-c6cc(F)cc(CNS(C)(=O)=O)c6)c5[nH]4)c3c2F)c1. The lowest BCUT2D eigenvalue weighted by atomic mass is 10.0. The molecule has 13 heteroatoms. The van der Waals surface area contributed by atoms with Crippen molar-refractivity contribution >= 4 is 32.1 Å². The van der Waals surface area contributed by atoms with E-state index in [1.165, 1.54) is 18.3 Å². The van der Waals surface area contributed by atoms with Crippen LogP contribution in [0, 0.1) is 11.6 Å². The third-order valence-electron chi connectivity index (χ3n) is 6.78. The van der Waals surface area contributed by atoms with Gasteiger partial charge in [-0.15, -0.1) is 0 Å². The molecule has 0 aliphatic rings. The first-order chi connectivity index (χ1) is 20.2. The molecule has 4 heterocycles. The first-order valence-corrected chi connectivity index (χ1v) is 15.0. The molecule has 10 nitrogen and oxygen atoms in total. The van der Waals surface area contributed by atoms with E-state index < -0.39 is 21.7 Å². The molecule has 0 unspecified atom stereocenters. The number of hydrogen-bond acceptors (Lipinski definition) is 7. The molecule has 0 saturated heterocycles. The van der Waals surface area contributed by atoms with E-state index >= 15 is 4.39 Å². The van der Waals surface area contributed by atoms with Crippen molar-refractivity contribution in [2.75, 3.05) is 12.8 Å². The summed E-state index contributed by atoms with van der Waals surface area (Å²) < 4.78 is 56.1. The lowest BCUT2D eigenvalue weighted by molar-refractivity contribution is 0.586. The molecule has 0 spiro atoms. The highest BCUT2D eigenvalue weighted by Gasteiger charge is 2.21. The maximum absolute atomic E-state index is 16.1. The smallest absolute Gasteiger partial charge is 0.209 e. The second-order valence-electron chi connectivity index (χ2n) is 9.87. The van der Waals surface area contributed by atoms with Gasteiger partial charge in [-0.05, 0) is 65.7 Å². The zero-order chi connectivity index (χ0) is 29.4. The second kappa shape index (κ2) is 11.0. The number of hydrogen-bond donors (Lipinski definition) is 4. The summed E-state index contributed by atoms with van der Waals surface area (Å²) in [6.45, 7) is 3.36. The van der Waals surface area contributed by atoms with Crippen molar-refractivity contribution in [3.63, 3.8) is 0 Å². The number of nitrogens with zero attached hydrogens (tertiary/aromatic N) is 4. The summed E-state index contributed by atoms with van der Waals surface area (Å²) in [7, 11) is -3.46. The van der Waals surface area contributed by atoms with E-state index in [4.69, 9.17) is 0 Å². The number of nitrogens with one attached hydrogen (secondary N) is 4. The molecule has 4 N–H and O–H groups in total. The minimum Gasteiger partial charge on any atom is -0.335 e. The molecule has 0 saturated carbocycles. The molecule has 42 heavy (non-hydrogen) atoms. The summed E-state index contributed by atoms with van der Waals surface area (Å²) in [4.78, 5) is 16.4. The van der Waals surface area contributed by atoms with Crippen LogP contribution in [-0.4, -0.2) is 51.4 Å². The van der Waals surface area contributed by atoms with E-state index in [0.29, 0.717) is 51.0 Å². The van der Waals surface area contributed by atoms with Gasteiger partial charge in [0.1, 0.15) is 17.3 Å². The Balaban J connectivity index is 1.42. The Hall–Kier alpha value is -4.59. The number of aromatic nitrogens is 6. The first-order valence-electron chi connectivity index (χ1n) is 13.1. The molecule has 0 amide bonds. The molecule has 0 aliphatic heterocycles. The average Bonchev–Trinajstić information content (AvgIpc) is 3.59. The number of sulfonamides is 1. The summed E-state index contributed by atoms with van der Waals surface area (Å²) in [5.41, 5.74) is 5.05. The Labute approximate surface area is 239 Å². The largest absolute Gasteiger partial charge is 0.335 e. The van der Waals surface area contributed by atoms with Crippen molar-refractivity contribution < 1.29 is 17.2 Å². The van der Waals surface area contributed by atoms with Gasteiger partial charge in [0.25, 0.3) is 0 Å². The number of rotatable bonds is 9. The van der Waals surface area contributed by atoms with E-state index in [1.54, 1.807) is 36.7 Å². The molecule has 0 aliphatic carbocycles. The van der Waals surface area contributed by atoms with Gasteiger partial charge in [-0.1, -0.05) is 6.92 Å². The van der Waals surface area contributed by atoms with E-state index in [2.05, 4.69) is 40.2 Å². The predicted molar refractivity (Wildman–Crippen MR) is 157 cm³/mol. The standard InChI is InChI=1S/C29H26F2N8O2S/c1-3-32-12-17-9-19(15-33-13-17)21-4-5-23-24(25(21)31)27(39-38-23)29-36-26-22(6-7-34-28(26)37-29)18-8-16(10-20(30)11-18)14-35-42(2,40)41/h4-11,13,15,32,35H,3,12,14H2,1-2H3,(H,38,39)(H,34,36,37). The highest BCUT2D eigenvalue weighted by Crippen LogP contribution is 2.35. The van der Waals surface area contributed by atoms with Gasteiger partial charge in [-0.2, -0.15) is 5.10 Å². The molecule has 4 aromatic heterocycles. The highest BCUT2D eigenvalue weighted by atomic mass is 32.2.